The summed E-state index contributed by atoms with van der Waals surface area (Å²) in [4.78, 5) is 21.5. The number of urea groups is 1. The molecule has 0 radical (unpaired) electrons. The SMILES string of the molecule is Cc1ccc(NC(=O)N2CCC(CC(F)(F)F)C2)cc1-c1cc(-c2c(C)n[nH]c2C)nc(N2CCOCC2)c1. The van der Waals surface area contributed by atoms with Crippen LogP contribution < -0.4 is 10.2 Å². The van der Waals surface area contributed by atoms with Crippen LogP contribution in [0.3, 0.4) is 0 Å². The summed E-state index contributed by atoms with van der Waals surface area (Å²) >= 11 is 0. The summed E-state index contributed by atoms with van der Waals surface area (Å²) < 4.78 is 43.9. The van der Waals surface area contributed by atoms with Gasteiger partial charge in [0.05, 0.1) is 24.6 Å². The van der Waals surface area contributed by atoms with Gasteiger partial charge in [-0.25, -0.2) is 9.78 Å². The van der Waals surface area contributed by atoms with E-state index in [0.29, 0.717) is 31.9 Å². The van der Waals surface area contributed by atoms with Crippen LogP contribution >= 0.6 is 0 Å². The van der Waals surface area contributed by atoms with Crippen molar-refractivity contribution in [3.8, 4) is 22.4 Å². The summed E-state index contributed by atoms with van der Waals surface area (Å²) in [5, 5.41) is 10.3. The van der Waals surface area contributed by atoms with Crippen LogP contribution in [0.25, 0.3) is 22.4 Å². The van der Waals surface area contributed by atoms with E-state index in [9.17, 15) is 18.0 Å². The number of pyridine rings is 1. The minimum absolute atomic E-state index is 0.101. The normalized spacial score (nSPS) is 18.1. The van der Waals surface area contributed by atoms with Crippen LogP contribution in [0, 0.1) is 26.7 Å². The highest BCUT2D eigenvalue weighted by molar-refractivity contribution is 5.91. The van der Waals surface area contributed by atoms with Crippen molar-refractivity contribution in [2.24, 2.45) is 5.92 Å². The van der Waals surface area contributed by atoms with Gasteiger partial charge in [0.25, 0.3) is 0 Å². The maximum Gasteiger partial charge on any atom is 0.389 e. The predicted octanol–water partition coefficient (Wildman–Crippen LogP) is 5.71. The predicted molar refractivity (Wildman–Crippen MR) is 144 cm³/mol. The van der Waals surface area contributed by atoms with Gasteiger partial charge in [-0.1, -0.05) is 6.07 Å². The second kappa shape index (κ2) is 10.9. The Labute approximate surface area is 225 Å². The molecule has 1 atom stereocenters. The van der Waals surface area contributed by atoms with Crippen LogP contribution in [0.15, 0.2) is 30.3 Å². The number of amides is 2. The van der Waals surface area contributed by atoms with Crippen molar-refractivity contribution in [2.75, 3.05) is 49.6 Å². The zero-order valence-electron chi connectivity index (χ0n) is 22.4. The Kier molecular flexibility index (Phi) is 7.53. The first kappa shape index (κ1) is 27.0. The minimum Gasteiger partial charge on any atom is -0.378 e. The average molecular weight is 543 g/mol. The van der Waals surface area contributed by atoms with Gasteiger partial charge in [0, 0.05) is 49.5 Å². The van der Waals surface area contributed by atoms with E-state index >= 15 is 0 Å². The Balaban J connectivity index is 1.44. The number of aryl methyl sites for hydroxylation is 3. The van der Waals surface area contributed by atoms with Crippen LogP contribution in [0.1, 0.15) is 29.8 Å². The lowest BCUT2D eigenvalue weighted by atomic mass is 9.98. The Hall–Kier alpha value is -3.60. The molecule has 2 N–H and O–H groups in total. The summed E-state index contributed by atoms with van der Waals surface area (Å²) in [6.07, 6.45) is -4.74. The second-order valence-electron chi connectivity index (χ2n) is 10.4. The number of benzene rings is 1. The van der Waals surface area contributed by atoms with Crippen molar-refractivity contribution in [3.63, 3.8) is 0 Å². The van der Waals surface area contributed by atoms with E-state index < -0.39 is 18.5 Å². The van der Waals surface area contributed by atoms with Gasteiger partial charge in [0.15, 0.2) is 0 Å². The number of ether oxygens (including phenoxy) is 1. The fraction of sp³-hybridized carbons (Fsp3) is 0.464. The summed E-state index contributed by atoms with van der Waals surface area (Å²) in [7, 11) is 0. The van der Waals surface area contributed by atoms with Crippen molar-refractivity contribution in [3.05, 3.63) is 47.3 Å². The Bertz CT molecular complexity index is 1330. The van der Waals surface area contributed by atoms with Crippen LogP contribution in [0.5, 0.6) is 0 Å². The van der Waals surface area contributed by atoms with Crippen molar-refractivity contribution in [2.45, 2.75) is 39.8 Å². The maximum absolute atomic E-state index is 12.9. The number of halogens is 3. The molecule has 4 heterocycles. The van der Waals surface area contributed by atoms with Crippen molar-refractivity contribution >= 4 is 17.5 Å². The second-order valence-corrected chi connectivity index (χ2v) is 10.4. The fourth-order valence-electron chi connectivity index (χ4n) is 5.41. The molecule has 1 aromatic carbocycles. The van der Waals surface area contributed by atoms with E-state index in [1.165, 1.54) is 4.90 Å². The molecule has 0 bridgehead atoms. The van der Waals surface area contributed by atoms with Crippen LogP contribution in [0.4, 0.5) is 29.5 Å². The van der Waals surface area contributed by atoms with Crippen LogP contribution in [-0.4, -0.2) is 71.7 Å². The topological polar surface area (TPSA) is 86.4 Å². The number of carbonyl (C=O) groups is 1. The van der Waals surface area contributed by atoms with E-state index in [0.717, 1.165) is 58.2 Å². The van der Waals surface area contributed by atoms with Gasteiger partial charge >= 0.3 is 12.2 Å². The number of anilines is 2. The zero-order valence-corrected chi connectivity index (χ0v) is 22.4. The molecule has 8 nitrogen and oxygen atoms in total. The minimum atomic E-state index is -4.22. The molecule has 2 amide bonds. The number of aromatic nitrogens is 3. The summed E-state index contributed by atoms with van der Waals surface area (Å²) in [6.45, 7) is 9.07. The number of rotatable bonds is 5. The standard InChI is InChI=1S/C28H33F3N6O2/c1-17-4-5-22(32-27(38)37-7-6-20(16-37)15-28(29,30)31)14-23(17)21-12-24(26-18(2)34-35-19(26)3)33-25(13-21)36-8-10-39-11-9-36/h4-5,12-14,20H,6-11,15-16H2,1-3H3,(H,32,38)(H,34,35). The van der Waals surface area contributed by atoms with Gasteiger partial charge in [-0.15, -0.1) is 0 Å². The van der Waals surface area contributed by atoms with Crippen LogP contribution in [-0.2, 0) is 4.74 Å². The molecular weight excluding hydrogens is 509 g/mol. The number of hydrogen-bond donors (Lipinski definition) is 2. The molecule has 5 rings (SSSR count). The highest BCUT2D eigenvalue weighted by Gasteiger charge is 2.36. The molecule has 0 aliphatic carbocycles. The maximum atomic E-state index is 12.9. The third kappa shape index (κ3) is 6.19. The number of H-pyrrole nitrogens is 1. The van der Waals surface area contributed by atoms with E-state index in [-0.39, 0.29) is 12.6 Å². The average Bonchev–Trinajstić information content (AvgIpc) is 3.50. The molecule has 2 fully saturated rings. The molecule has 1 unspecified atom stereocenters. The number of nitrogens with one attached hydrogen (secondary N) is 2. The quantitative estimate of drug-likeness (QED) is 0.432. The highest BCUT2D eigenvalue weighted by atomic mass is 19.4. The van der Waals surface area contributed by atoms with E-state index in [1.807, 2.05) is 45.0 Å². The molecule has 0 saturated carbocycles. The molecule has 2 saturated heterocycles. The molecular formula is C28H33F3N6O2. The third-order valence-corrected chi connectivity index (χ3v) is 7.42. The summed E-state index contributed by atoms with van der Waals surface area (Å²) in [5.41, 5.74) is 7.03. The number of alkyl halides is 3. The molecule has 39 heavy (non-hydrogen) atoms. The molecule has 0 spiro atoms. The molecule has 2 aromatic heterocycles. The van der Waals surface area contributed by atoms with Crippen molar-refractivity contribution in [1.29, 1.82) is 0 Å². The number of carbonyl (C=O) groups excluding carboxylic acids is 1. The Morgan fingerprint density at radius 2 is 1.90 bits per heavy atom. The number of hydrogen-bond acceptors (Lipinski definition) is 5. The van der Waals surface area contributed by atoms with E-state index in [4.69, 9.17) is 9.72 Å². The lowest BCUT2D eigenvalue weighted by Crippen LogP contribution is -2.36. The molecule has 2 aliphatic heterocycles. The van der Waals surface area contributed by atoms with Gasteiger partial charge in [0.1, 0.15) is 5.82 Å². The van der Waals surface area contributed by atoms with Crippen molar-refractivity contribution < 1.29 is 22.7 Å². The van der Waals surface area contributed by atoms with Gasteiger partial charge in [-0.2, -0.15) is 18.3 Å². The molecule has 3 aromatic rings. The first-order valence-electron chi connectivity index (χ1n) is 13.2. The largest absolute Gasteiger partial charge is 0.389 e. The molecule has 2 aliphatic rings. The Morgan fingerprint density at radius 3 is 2.59 bits per heavy atom. The first-order valence-corrected chi connectivity index (χ1v) is 13.2. The third-order valence-electron chi connectivity index (χ3n) is 7.42. The Morgan fingerprint density at radius 1 is 1.13 bits per heavy atom. The molecule has 208 valence electrons. The van der Waals surface area contributed by atoms with E-state index in [1.54, 1.807) is 0 Å². The van der Waals surface area contributed by atoms with E-state index in [2.05, 4.69) is 26.5 Å². The van der Waals surface area contributed by atoms with Gasteiger partial charge in [-0.05, 0) is 74.1 Å². The zero-order chi connectivity index (χ0) is 27.7. The number of aromatic amines is 1. The lowest BCUT2D eigenvalue weighted by Gasteiger charge is -2.28. The summed E-state index contributed by atoms with van der Waals surface area (Å²) in [5.74, 6) is 0.278. The monoisotopic (exact) mass is 542 g/mol. The number of likely N-dealkylation sites (tertiary alicyclic amines) is 1. The smallest absolute Gasteiger partial charge is 0.378 e. The lowest BCUT2D eigenvalue weighted by molar-refractivity contribution is -0.143. The van der Waals surface area contributed by atoms with Crippen LogP contribution in [0.2, 0.25) is 0 Å². The molecule has 11 heteroatoms. The van der Waals surface area contributed by atoms with Gasteiger partial charge in [-0.3, -0.25) is 5.10 Å². The van der Waals surface area contributed by atoms with Gasteiger partial charge in [0.2, 0.25) is 0 Å². The first-order chi connectivity index (χ1) is 18.6. The number of nitrogens with zero attached hydrogens (tertiary/aromatic N) is 4. The summed E-state index contributed by atoms with van der Waals surface area (Å²) in [6, 6.07) is 9.36. The fourth-order valence-corrected chi connectivity index (χ4v) is 5.41. The number of morpholine rings is 1. The highest BCUT2D eigenvalue weighted by Crippen LogP contribution is 2.35. The van der Waals surface area contributed by atoms with Crippen molar-refractivity contribution in [1.82, 2.24) is 20.1 Å². The van der Waals surface area contributed by atoms with Gasteiger partial charge < -0.3 is 19.9 Å².